The predicted octanol–water partition coefficient (Wildman–Crippen LogP) is 1.18. The van der Waals surface area contributed by atoms with E-state index in [9.17, 15) is 9.90 Å². The van der Waals surface area contributed by atoms with E-state index in [-0.39, 0.29) is 0 Å². The summed E-state index contributed by atoms with van der Waals surface area (Å²) in [7, 11) is -0.551. The molecule has 0 aliphatic carbocycles. The lowest BCUT2D eigenvalue weighted by atomic mass is 10.5. The Balaban J connectivity index is 2.52. The number of carboxylic acids is 1. The number of hydrogen-bond donors (Lipinski definition) is 0. The van der Waals surface area contributed by atoms with Gasteiger partial charge >= 0.3 is 0 Å². The number of pyridine rings is 1. The third-order valence-corrected chi connectivity index (χ3v) is 3.66. The van der Waals surface area contributed by atoms with Crippen LogP contribution in [0.15, 0.2) is 41.9 Å². The summed E-state index contributed by atoms with van der Waals surface area (Å²) in [5.74, 6) is -1.12. The quantitative estimate of drug-likeness (QED) is 0.692. The molecule has 2 aromatic heterocycles. The molecule has 0 N–H and O–H groups in total. The van der Waals surface area contributed by atoms with Crippen LogP contribution in [0, 0.1) is 0 Å². The van der Waals surface area contributed by atoms with Gasteiger partial charge in [0.1, 0.15) is 11.3 Å². The summed E-state index contributed by atoms with van der Waals surface area (Å²) < 4.78 is 0. The molecule has 2 heterocycles. The first-order chi connectivity index (χ1) is 6.79. The van der Waals surface area contributed by atoms with Gasteiger partial charge in [-0.1, -0.05) is 6.07 Å². The third-order valence-electron chi connectivity index (χ3n) is 1.76. The van der Waals surface area contributed by atoms with Crippen molar-refractivity contribution in [2.45, 2.75) is 0 Å². The summed E-state index contributed by atoms with van der Waals surface area (Å²) in [6, 6.07) is 8.75. The minimum absolute atomic E-state index is 0.295. The molecule has 0 spiro atoms. The van der Waals surface area contributed by atoms with Gasteiger partial charge in [-0.05, 0) is 12.1 Å². The molecule has 0 saturated heterocycles. The monoisotopic (exact) mass is 205 g/mol. The van der Waals surface area contributed by atoms with Gasteiger partial charge in [-0.25, -0.2) is 4.98 Å². The first-order valence-electron chi connectivity index (χ1n) is 4.03. The van der Waals surface area contributed by atoms with E-state index in [4.69, 9.17) is 0 Å². The van der Waals surface area contributed by atoms with Gasteiger partial charge in [0.2, 0.25) is 4.88 Å². The fourth-order valence-corrected chi connectivity index (χ4v) is 2.72. The normalized spacial score (nSPS) is 11.3. The fraction of sp³-hybridized carbons (Fsp3) is 0. The second kappa shape index (κ2) is 3.59. The maximum Gasteiger partial charge on any atom is 0.271 e. The Kier molecular flexibility index (Phi) is 2.28. The van der Waals surface area contributed by atoms with Crippen LogP contribution in [0.5, 0.6) is 0 Å². The molecule has 1 atom stereocenters. The van der Waals surface area contributed by atoms with Crippen LogP contribution in [0.4, 0.5) is 0 Å². The minimum Gasteiger partial charge on any atom is -0.540 e. The Bertz CT molecular complexity index is 450. The molecule has 0 aromatic carbocycles. The smallest absolute Gasteiger partial charge is 0.271 e. The van der Waals surface area contributed by atoms with E-state index in [1.807, 2.05) is 17.5 Å². The average Bonchev–Trinajstić information content (AvgIpc) is 2.67. The average molecular weight is 205 g/mol. The highest BCUT2D eigenvalue weighted by atomic mass is 32.2. The molecule has 3 nitrogen and oxygen atoms in total. The number of aromatic carboxylic acids is 1. The SMILES string of the molecule is O=C([O-])c1ccc[s+]1-c1ccccn1. The molecule has 2 rings (SSSR count). The fourth-order valence-electron chi connectivity index (χ4n) is 1.17. The molecule has 70 valence electrons. The van der Waals surface area contributed by atoms with Crippen molar-refractivity contribution in [3.8, 4) is 5.03 Å². The standard InChI is InChI=1S/C10H7NO2S/c12-10(13)8-4-3-7-14(8)9-5-1-2-6-11-9/h1-7H. The van der Waals surface area contributed by atoms with Crippen molar-refractivity contribution in [3.05, 3.63) is 46.8 Å². The zero-order valence-electron chi connectivity index (χ0n) is 7.21. The number of thiophene rings is 1. The first kappa shape index (κ1) is 8.90. The van der Waals surface area contributed by atoms with Crippen molar-refractivity contribution in [3.63, 3.8) is 0 Å². The second-order valence-corrected chi connectivity index (χ2v) is 4.46. The van der Waals surface area contributed by atoms with E-state index in [1.165, 1.54) is 0 Å². The third kappa shape index (κ3) is 1.52. The number of rotatable bonds is 2. The van der Waals surface area contributed by atoms with Crippen LogP contribution >= 0.6 is 10.5 Å². The van der Waals surface area contributed by atoms with Gasteiger partial charge in [-0.15, -0.1) is 0 Å². The Labute approximate surface area is 83.6 Å². The van der Waals surface area contributed by atoms with Crippen molar-refractivity contribution < 1.29 is 9.90 Å². The molecule has 0 aliphatic rings. The Morgan fingerprint density at radius 3 is 2.79 bits per heavy atom. The van der Waals surface area contributed by atoms with Crippen LogP contribution in [-0.4, -0.2) is 11.0 Å². The lowest BCUT2D eigenvalue weighted by molar-refractivity contribution is -0.254. The Hall–Kier alpha value is -1.68. The molecule has 0 saturated carbocycles. The van der Waals surface area contributed by atoms with Crippen molar-refractivity contribution in [2.75, 3.05) is 0 Å². The molecule has 1 unspecified atom stereocenters. The number of carboxylic acid groups (broad SMARTS) is 1. The topological polar surface area (TPSA) is 53.0 Å². The van der Waals surface area contributed by atoms with Gasteiger partial charge in [-0.2, -0.15) is 0 Å². The Morgan fingerprint density at radius 1 is 1.29 bits per heavy atom. The molecule has 0 aliphatic heterocycles. The molecule has 0 amide bonds. The molecule has 0 radical (unpaired) electrons. The number of aromatic nitrogens is 1. The highest BCUT2D eigenvalue weighted by molar-refractivity contribution is 7.39. The first-order valence-corrected chi connectivity index (χ1v) is 5.32. The largest absolute Gasteiger partial charge is 0.540 e. The van der Waals surface area contributed by atoms with Gasteiger partial charge < -0.3 is 9.90 Å². The van der Waals surface area contributed by atoms with Crippen molar-refractivity contribution in [1.82, 2.24) is 4.98 Å². The van der Waals surface area contributed by atoms with Crippen molar-refractivity contribution >= 4 is 16.4 Å². The number of carbonyl (C=O) groups is 1. The van der Waals surface area contributed by atoms with Crippen LogP contribution < -0.4 is 5.11 Å². The second-order valence-electron chi connectivity index (χ2n) is 2.65. The van der Waals surface area contributed by atoms with E-state index in [0.717, 1.165) is 5.03 Å². The lowest BCUT2D eigenvalue weighted by Gasteiger charge is -1.94. The van der Waals surface area contributed by atoms with Gasteiger partial charge in [0.05, 0.1) is 0 Å². The van der Waals surface area contributed by atoms with Gasteiger partial charge in [-0.3, -0.25) is 0 Å². The maximum absolute atomic E-state index is 10.7. The highest BCUT2D eigenvalue weighted by Gasteiger charge is 2.17. The number of nitrogens with zero attached hydrogens (tertiary/aromatic N) is 1. The number of hydrogen-bond acceptors (Lipinski definition) is 3. The van der Waals surface area contributed by atoms with Gasteiger partial charge in [0, 0.05) is 28.8 Å². The summed E-state index contributed by atoms with van der Waals surface area (Å²) in [6.45, 7) is 0. The highest BCUT2D eigenvalue weighted by Crippen LogP contribution is 2.32. The molecule has 14 heavy (non-hydrogen) atoms. The van der Waals surface area contributed by atoms with Crippen LogP contribution in [0.3, 0.4) is 0 Å². The maximum atomic E-state index is 10.7. The summed E-state index contributed by atoms with van der Waals surface area (Å²) in [6.07, 6.45) is 1.65. The molecule has 0 bridgehead atoms. The van der Waals surface area contributed by atoms with E-state index < -0.39 is 16.4 Å². The van der Waals surface area contributed by atoms with Crippen LogP contribution in [0.2, 0.25) is 0 Å². The zero-order chi connectivity index (χ0) is 9.97. The summed E-state index contributed by atoms with van der Waals surface area (Å²) in [4.78, 5) is 15.2. The van der Waals surface area contributed by atoms with Crippen molar-refractivity contribution in [2.24, 2.45) is 0 Å². The van der Waals surface area contributed by atoms with Crippen LogP contribution in [0.1, 0.15) is 9.67 Å². The molecule has 4 heteroatoms. The molecule has 2 aromatic rings. The summed E-state index contributed by atoms with van der Waals surface area (Å²) in [5.41, 5.74) is 0. The van der Waals surface area contributed by atoms with Crippen LogP contribution in [0.25, 0.3) is 5.03 Å². The predicted molar refractivity (Wildman–Crippen MR) is 52.4 cm³/mol. The Morgan fingerprint density at radius 2 is 2.14 bits per heavy atom. The zero-order valence-corrected chi connectivity index (χ0v) is 8.03. The summed E-state index contributed by atoms with van der Waals surface area (Å²) >= 11 is 0. The minimum atomic E-state index is -1.12. The number of carbonyl (C=O) groups excluding carboxylic acids is 1. The van der Waals surface area contributed by atoms with Crippen LogP contribution in [-0.2, 0) is 0 Å². The van der Waals surface area contributed by atoms with Gasteiger partial charge in [0.25, 0.3) is 5.03 Å². The summed E-state index contributed by atoms with van der Waals surface area (Å²) in [5, 5.41) is 13.3. The molecular formula is C10H7NO2S. The van der Waals surface area contributed by atoms with E-state index in [1.54, 1.807) is 24.4 Å². The van der Waals surface area contributed by atoms with Crippen molar-refractivity contribution in [1.29, 1.82) is 0 Å². The van der Waals surface area contributed by atoms with E-state index >= 15 is 0 Å². The molecular weight excluding hydrogens is 198 g/mol. The van der Waals surface area contributed by atoms with E-state index in [2.05, 4.69) is 4.98 Å². The van der Waals surface area contributed by atoms with E-state index in [0.29, 0.717) is 4.88 Å². The van der Waals surface area contributed by atoms with Gasteiger partial charge in [0.15, 0.2) is 0 Å². The molecule has 0 fully saturated rings. The lowest BCUT2D eigenvalue weighted by Crippen LogP contribution is -2.21.